The van der Waals surface area contributed by atoms with Gasteiger partial charge in [-0.25, -0.2) is 4.98 Å². The van der Waals surface area contributed by atoms with Crippen molar-refractivity contribution in [3.05, 3.63) is 27.8 Å². The van der Waals surface area contributed by atoms with Gasteiger partial charge < -0.3 is 10.7 Å². The Hall–Kier alpha value is -0.650. The first-order valence-electron chi connectivity index (χ1n) is 3.78. The Morgan fingerprint density at radius 3 is 3.00 bits per heavy atom. The normalized spacial score (nSPS) is 10.6. The van der Waals surface area contributed by atoms with E-state index in [1.807, 2.05) is 11.4 Å². The highest BCUT2D eigenvalue weighted by molar-refractivity contribution is 9.10. The standard InChI is InChI=1S/C8H8BrN3S/c9-5-1-7(13-4-5)8-11-3-6(2-10)12-8/h1,3-4H,2,10H2,(H,11,12). The summed E-state index contributed by atoms with van der Waals surface area (Å²) in [6.45, 7) is 0.500. The van der Waals surface area contributed by atoms with Crippen molar-refractivity contribution in [2.24, 2.45) is 5.73 Å². The average molecular weight is 258 g/mol. The Morgan fingerprint density at radius 2 is 2.46 bits per heavy atom. The van der Waals surface area contributed by atoms with E-state index in [-0.39, 0.29) is 0 Å². The zero-order valence-electron chi connectivity index (χ0n) is 6.75. The van der Waals surface area contributed by atoms with E-state index in [2.05, 4.69) is 25.9 Å². The molecule has 2 rings (SSSR count). The molecule has 2 aromatic rings. The summed E-state index contributed by atoms with van der Waals surface area (Å²) in [6, 6.07) is 2.03. The Balaban J connectivity index is 2.35. The minimum atomic E-state index is 0.500. The number of hydrogen-bond donors (Lipinski definition) is 2. The molecule has 3 N–H and O–H groups in total. The van der Waals surface area contributed by atoms with Crippen molar-refractivity contribution < 1.29 is 0 Å². The third-order valence-electron chi connectivity index (χ3n) is 1.65. The van der Waals surface area contributed by atoms with Gasteiger partial charge in [0.2, 0.25) is 0 Å². The highest BCUT2D eigenvalue weighted by atomic mass is 79.9. The van der Waals surface area contributed by atoms with E-state index in [9.17, 15) is 0 Å². The van der Waals surface area contributed by atoms with Gasteiger partial charge in [0.25, 0.3) is 0 Å². The molecule has 0 saturated carbocycles. The number of rotatable bonds is 2. The minimum Gasteiger partial charge on any atom is -0.340 e. The number of nitrogens with two attached hydrogens (primary N) is 1. The smallest absolute Gasteiger partial charge is 0.147 e. The third-order valence-corrected chi connectivity index (χ3v) is 3.35. The molecule has 3 nitrogen and oxygen atoms in total. The second-order valence-corrected chi connectivity index (χ2v) is 4.42. The first-order valence-corrected chi connectivity index (χ1v) is 5.45. The van der Waals surface area contributed by atoms with Gasteiger partial charge in [0, 0.05) is 28.3 Å². The minimum absolute atomic E-state index is 0.500. The number of nitrogens with zero attached hydrogens (tertiary/aromatic N) is 1. The van der Waals surface area contributed by atoms with Crippen LogP contribution in [-0.4, -0.2) is 9.97 Å². The maximum absolute atomic E-state index is 5.47. The predicted octanol–water partition coefficient (Wildman–Crippen LogP) is 2.36. The van der Waals surface area contributed by atoms with Crippen molar-refractivity contribution in [2.45, 2.75) is 6.54 Å². The van der Waals surface area contributed by atoms with Gasteiger partial charge in [0.15, 0.2) is 0 Å². The largest absolute Gasteiger partial charge is 0.340 e. The van der Waals surface area contributed by atoms with Crippen LogP contribution in [0.1, 0.15) is 5.69 Å². The average Bonchev–Trinajstić information content (AvgIpc) is 2.71. The monoisotopic (exact) mass is 257 g/mol. The molecule has 0 radical (unpaired) electrons. The maximum atomic E-state index is 5.47. The molecule has 2 aromatic heterocycles. The second-order valence-electron chi connectivity index (χ2n) is 2.59. The number of nitrogens with one attached hydrogen (secondary N) is 1. The first kappa shape index (κ1) is 8.93. The molecular formula is C8H8BrN3S. The number of imidazole rings is 1. The predicted molar refractivity (Wildman–Crippen MR) is 57.5 cm³/mol. The van der Waals surface area contributed by atoms with Crippen molar-refractivity contribution in [3.63, 3.8) is 0 Å². The Kier molecular flexibility index (Phi) is 2.48. The number of halogens is 1. The van der Waals surface area contributed by atoms with Crippen LogP contribution in [0, 0.1) is 0 Å². The van der Waals surface area contributed by atoms with Crippen LogP contribution in [0.3, 0.4) is 0 Å². The Labute approximate surface area is 88.1 Å². The zero-order valence-corrected chi connectivity index (χ0v) is 9.15. The van der Waals surface area contributed by atoms with Crippen LogP contribution in [0.25, 0.3) is 10.7 Å². The fraction of sp³-hybridized carbons (Fsp3) is 0.125. The molecule has 0 spiro atoms. The first-order chi connectivity index (χ1) is 6.29. The van der Waals surface area contributed by atoms with E-state index in [1.165, 1.54) is 0 Å². The van der Waals surface area contributed by atoms with E-state index < -0.39 is 0 Å². The summed E-state index contributed by atoms with van der Waals surface area (Å²) in [5.74, 6) is 0.885. The lowest BCUT2D eigenvalue weighted by Crippen LogP contribution is -1.95. The number of H-pyrrole nitrogens is 1. The number of aromatic nitrogens is 2. The van der Waals surface area contributed by atoms with Gasteiger partial charge in [-0.2, -0.15) is 0 Å². The molecule has 13 heavy (non-hydrogen) atoms. The summed E-state index contributed by atoms with van der Waals surface area (Å²) in [4.78, 5) is 8.49. The van der Waals surface area contributed by atoms with Crippen LogP contribution < -0.4 is 5.73 Å². The molecule has 0 aromatic carbocycles. The van der Waals surface area contributed by atoms with E-state index in [1.54, 1.807) is 17.5 Å². The molecule has 0 aliphatic carbocycles. The van der Waals surface area contributed by atoms with E-state index in [4.69, 9.17) is 5.73 Å². The van der Waals surface area contributed by atoms with Crippen LogP contribution >= 0.6 is 27.3 Å². The van der Waals surface area contributed by atoms with Gasteiger partial charge in [-0.15, -0.1) is 11.3 Å². The summed E-state index contributed by atoms with van der Waals surface area (Å²) >= 11 is 5.04. The molecule has 68 valence electrons. The van der Waals surface area contributed by atoms with Crippen molar-refractivity contribution in [1.82, 2.24) is 9.97 Å². The quantitative estimate of drug-likeness (QED) is 0.868. The molecular weight excluding hydrogens is 250 g/mol. The molecule has 0 fully saturated rings. The number of aromatic amines is 1. The molecule has 0 amide bonds. The summed E-state index contributed by atoms with van der Waals surface area (Å²) in [6.07, 6.45) is 1.77. The van der Waals surface area contributed by atoms with Crippen LogP contribution in [0.5, 0.6) is 0 Å². The second kappa shape index (κ2) is 3.61. The summed E-state index contributed by atoms with van der Waals surface area (Å²) in [7, 11) is 0. The van der Waals surface area contributed by atoms with Crippen molar-refractivity contribution in [2.75, 3.05) is 0 Å². The molecule has 0 unspecified atom stereocenters. The lowest BCUT2D eigenvalue weighted by molar-refractivity contribution is 1.01. The highest BCUT2D eigenvalue weighted by Crippen LogP contribution is 2.27. The molecule has 2 heterocycles. The van der Waals surface area contributed by atoms with Crippen LogP contribution in [0.2, 0.25) is 0 Å². The van der Waals surface area contributed by atoms with Gasteiger partial charge in [-0.05, 0) is 22.0 Å². The molecule has 0 saturated heterocycles. The van der Waals surface area contributed by atoms with Gasteiger partial charge >= 0.3 is 0 Å². The number of hydrogen-bond acceptors (Lipinski definition) is 3. The summed E-state index contributed by atoms with van der Waals surface area (Å²) in [5, 5.41) is 2.03. The Morgan fingerprint density at radius 1 is 1.62 bits per heavy atom. The van der Waals surface area contributed by atoms with E-state index >= 15 is 0 Å². The lowest BCUT2D eigenvalue weighted by atomic mass is 10.4. The van der Waals surface area contributed by atoms with E-state index in [0.717, 1.165) is 20.9 Å². The van der Waals surface area contributed by atoms with Gasteiger partial charge in [0.1, 0.15) is 5.82 Å². The zero-order chi connectivity index (χ0) is 9.26. The van der Waals surface area contributed by atoms with Crippen LogP contribution in [0.15, 0.2) is 22.1 Å². The third kappa shape index (κ3) is 1.82. The summed E-state index contributed by atoms with van der Waals surface area (Å²) in [5.41, 5.74) is 6.43. The SMILES string of the molecule is NCc1cnc(-c2cc(Br)cs2)[nH]1. The van der Waals surface area contributed by atoms with Crippen molar-refractivity contribution in [1.29, 1.82) is 0 Å². The van der Waals surface area contributed by atoms with Gasteiger partial charge in [0.05, 0.1) is 4.88 Å². The molecule has 0 aliphatic rings. The van der Waals surface area contributed by atoms with E-state index in [0.29, 0.717) is 6.54 Å². The molecule has 0 atom stereocenters. The highest BCUT2D eigenvalue weighted by Gasteiger charge is 2.04. The van der Waals surface area contributed by atoms with Crippen LogP contribution in [0.4, 0.5) is 0 Å². The Bertz CT molecular complexity index is 407. The van der Waals surface area contributed by atoms with Crippen molar-refractivity contribution in [3.8, 4) is 10.7 Å². The molecule has 5 heteroatoms. The number of thiophene rings is 1. The maximum Gasteiger partial charge on any atom is 0.147 e. The van der Waals surface area contributed by atoms with Crippen LogP contribution in [-0.2, 0) is 6.54 Å². The fourth-order valence-corrected chi connectivity index (χ4v) is 2.40. The molecule has 0 aliphatic heterocycles. The summed E-state index contributed by atoms with van der Waals surface area (Å²) < 4.78 is 1.08. The van der Waals surface area contributed by atoms with Gasteiger partial charge in [-0.1, -0.05) is 0 Å². The van der Waals surface area contributed by atoms with Crippen molar-refractivity contribution >= 4 is 27.3 Å². The topological polar surface area (TPSA) is 54.7 Å². The van der Waals surface area contributed by atoms with Gasteiger partial charge in [-0.3, -0.25) is 0 Å². The fourth-order valence-electron chi connectivity index (χ4n) is 1.03. The lowest BCUT2D eigenvalue weighted by Gasteiger charge is -1.88. The molecule has 0 bridgehead atoms.